The molecule has 0 fully saturated rings. The molecule has 0 aromatic heterocycles. The molecule has 1 atom stereocenters. The summed E-state index contributed by atoms with van der Waals surface area (Å²) in [6, 6.07) is 0. The molecule has 0 spiro atoms. The molecule has 0 radical (unpaired) electrons. The number of carbonyl (C=O) groups excluding carboxylic acids is 1. The van der Waals surface area contributed by atoms with Gasteiger partial charge in [0.15, 0.2) is 0 Å². The van der Waals surface area contributed by atoms with Crippen LogP contribution in [0.1, 0.15) is 0 Å². The van der Waals surface area contributed by atoms with Crippen molar-refractivity contribution in [2.45, 2.75) is 0 Å². The minimum atomic E-state index is -3.69. The Morgan fingerprint density at radius 3 is 2.62 bits per heavy atom. The maximum absolute atomic E-state index is 10.9. The van der Waals surface area contributed by atoms with Gasteiger partial charge in [-0.15, -0.1) is 0 Å². The molecule has 0 rings (SSSR count). The normalized spacial score (nSPS) is 13.9. The van der Waals surface area contributed by atoms with Crippen LogP contribution in [0.15, 0.2) is 25.5 Å². The second kappa shape index (κ2) is 5.56. The van der Waals surface area contributed by atoms with Gasteiger partial charge in [0, 0.05) is 6.08 Å². The van der Waals surface area contributed by atoms with E-state index in [1.807, 2.05) is 0 Å². The first-order chi connectivity index (χ1) is 6.02. The van der Waals surface area contributed by atoms with Crippen LogP contribution in [0.5, 0.6) is 0 Å². The van der Waals surface area contributed by atoms with Crippen LogP contribution >= 0.6 is 7.60 Å². The summed E-state index contributed by atoms with van der Waals surface area (Å²) in [5.41, 5.74) is 0. The zero-order valence-electron chi connectivity index (χ0n) is 7.01. The van der Waals surface area contributed by atoms with Gasteiger partial charge in [-0.05, 0) is 0 Å². The third-order valence-electron chi connectivity index (χ3n) is 1.02. The van der Waals surface area contributed by atoms with Gasteiger partial charge >= 0.3 is 13.6 Å². The summed E-state index contributed by atoms with van der Waals surface area (Å²) in [5.74, 6) is -0.640. The van der Waals surface area contributed by atoms with Gasteiger partial charge in [-0.1, -0.05) is 13.2 Å². The molecule has 0 aliphatic rings. The van der Waals surface area contributed by atoms with Crippen LogP contribution in [0.3, 0.4) is 0 Å². The lowest BCUT2D eigenvalue weighted by atomic mass is 10.6. The van der Waals surface area contributed by atoms with Crippen molar-refractivity contribution < 1.29 is 23.5 Å². The second-order valence-electron chi connectivity index (χ2n) is 2.00. The topological polar surface area (TPSA) is 72.8 Å². The highest BCUT2D eigenvalue weighted by atomic mass is 31.2. The summed E-state index contributed by atoms with van der Waals surface area (Å²) in [6.07, 6.45) is 1.57. The van der Waals surface area contributed by atoms with Crippen molar-refractivity contribution in [3.05, 3.63) is 25.5 Å². The predicted octanol–water partition coefficient (Wildman–Crippen LogP) is 1.06. The van der Waals surface area contributed by atoms with E-state index in [0.717, 1.165) is 12.3 Å². The van der Waals surface area contributed by atoms with E-state index in [2.05, 4.69) is 22.4 Å². The quantitative estimate of drug-likeness (QED) is 0.304. The van der Waals surface area contributed by atoms with Crippen molar-refractivity contribution in [3.8, 4) is 0 Å². The standard InChI is InChI=1S/C7H11O5P/c1-3-7(8)11-5-6-13(9,10)12-4-2/h3-4H,1-2,5-6H2,(H,9,10). The van der Waals surface area contributed by atoms with Crippen LogP contribution in [-0.4, -0.2) is 23.6 Å². The van der Waals surface area contributed by atoms with Crippen molar-refractivity contribution in [2.75, 3.05) is 12.8 Å². The molecule has 0 aromatic rings. The van der Waals surface area contributed by atoms with E-state index < -0.39 is 13.6 Å². The Morgan fingerprint density at radius 2 is 2.15 bits per heavy atom. The molecule has 0 aliphatic heterocycles. The van der Waals surface area contributed by atoms with Crippen molar-refractivity contribution in [3.63, 3.8) is 0 Å². The molecular formula is C7H11O5P. The van der Waals surface area contributed by atoms with Gasteiger partial charge in [-0.25, -0.2) is 9.36 Å². The summed E-state index contributed by atoms with van der Waals surface area (Å²) in [7, 11) is -3.69. The molecule has 0 aliphatic carbocycles. The summed E-state index contributed by atoms with van der Waals surface area (Å²) in [5, 5.41) is 0. The van der Waals surface area contributed by atoms with E-state index in [0.29, 0.717) is 0 Å². The third-order valence-corrected chi connectivity index (χ3v) is 2.25. The Morgan fingerprint density at radius 1 is 1.54 bits per heavy atom. The Labute approximate surface area is 76.2 Å². The van der Waals surface area contributed by atoms with E-state index in [1.54, 1.807) is 0 Å². The zero-order valence-corrected chi connectivity index (χ0v) is 7.90. The van der Waals surface area contributed by atoms with Gasteiger partial charge < -0.3 is 14.2 Å². The van der Waals surface area contributed by atoms with Gasteiger partial charge in [0.05, 0.1) is 12.4 Å². The van der Waals surface area contributed by atoms with Crippen LogP contribution < -0.4 is 0 Å². The molecule has 0 heterocycles. The van der Waals surface area contributed by atoms with Gasteiger partial charge in [0.2, 0.25) is 0 Å². The van der Waals surface area contributed by atoms with Crippen LogP contribution in [0, 0.1) is 0 Å². The Kier molecular flexibility index (Phi) is 5.11. The van der Waals surface area contributed by atoms with Crippen molar-refractivity contribution in [2.24, 2.45) is 0 Å². The first-order valence-electron chi connectivity index (χ1n) is 3.42. The van der Waals surface area contributed by atoms with Gasteiger partial charge in [-0.2, -0.15) is 0 Å². The smallest absolute Gasteiger partial charge is 0.379 e. The minimum absolute atomic E-state index is 0.188. The summed E-state index contributed by atoms with van der Waals surface area (Å²) in [4.78, 5) is 19.4. The Bertz CT molecular complexity index is 247. The van der Waals surface area contributed by atoms with E-state index in [4.69, 9.17) is 4.89 Å². The largest absolute Gasteiger partial charge is 0.462 e. The fourth-order valence-corrected chi connectivity index (χ4v) is 1.15. The fourth-order valence-electron chi connectivity index (χ4n) is 0.490. The van der Waals surface area contributed by atoms with E-state index >= 15 is 0 Å². The molecule has 6 heteroatoms. The van der Waals surface area contributed by atoms with Gasteiger partial charge in [-0.3, -0.25) is 0 Å². The maximum Gasteiger partial charge on any atom is 0.379 e. The molecule has 74 valence electrons. The van der Waals surface area contributed by atoms with Crippen molar-refractivity contribution >= 4 is 13.6 Å². The Hall–Kier alpha value is -1.06. The number of rotatable bonds is 6. The molecule has 0 aromatic carbocycles. The summed E-state index contributed by atoms with van der Waals surface area (Å²) in [6.45, 7) is 6.10. The number of hydrogen-bond donors (Lipinski definition) is 1. The predicted molar refractivity (Wildman–Crippen MR) is 47.1 cm³/mol. The van der Waals surface area contributed by atoms with E-state index in [9.17, 15) is 9.36 Å². The average molecular weight is 206 g/mol. The molecule has 5 nitrogen and oxygen atoms in total. The Balaban J connectivity index is 3.75. The number of hydrogen-bond acceptors (Lipinski definition) is 4. The summed E-state index contributed by atoms with van der Waals surface area (Å²) >= 11 is 0. The lowest BCUT2D eigenvalue weighted by Crippen LogP contribution is -2.06. The van der Waals surface area contributed by atoms with Crippen LogP contribution in [0.25, 0.3) is 0 Å². The molecule has 13 heavy (non-hydrogen) atoms. The van der Waals surface area contributed by atoms with E-state index in [-0.39, 0.29) is 12.8 Å². The van der Waals surface area contributed by atoms with Crippen LogP contribution in [0.2, 0.25) is 0 Å². The molecule has 1 unspecified atom stereocenters. The summed E-state index contributed by atoms with van der Waals surface area (Å²) < 4.78 is 19.7. The SMILES string of the molecule is C=COP(=O)(O)CCOC(=O)C=C. The molecule has 0 saturated carbocycles. The molecule has 0 saturated heterocycles. The fraction of sp³-hybridized carbons (Fsp3) is 0.286. The van der Waals surface area contributed by atoms with E-state index in [1.165, 1.54) is 0 Å². The second-order valence-corrected chi connectivity index (χ2v) is 3.94. The molecule has 0 bridgehead atoms. The molecular weight excluding hydrogens is 195 g/mol. The third kappa shape index (κ3) is 6.13. The minimum Gasteiger partial charge on any atom is -0.462 e. The van der Waals surface area contributed by atoms with Gasteiger partial charge in [0.25, 0.3) is 0 Å². The van der Waals surface area contributed by atoms with Crippen LogP contribution in [0.4, 0.5) is 0 Å². The lowest BCUT2D eigenvalue weighted by Gasteiger charge is -2.08. The van der Waals surface area contributed by atoms with Crippen molar-refractivity contribution in [1.29, 1.82) is 0 Å². The van der Waals surface area contributed by atoms with Crippen molar-refractivity contribution in [1.82, 2.24) is 0 Å². The molecule has 0 amide bonds. The number of ether oxygens (including phenoxy) is 1. The number of carbonyl (C=O) groups is 1. The highest BCUT2D eigenvalue weighted by Crippen LogP contribution is 2.41. The maximum atomic E-state index is 10.9. The first kappa shape index (κ1) is 11.9. The average Bonchev–Trinajstić information content (AvgIpc) is 2.03. The van der Waals surface area contributed by atoms with Crippen LogP contribution in [-0.2, 0) is 18.6 Å². The highest BCUT2D eigenvalue weighted by Gasteiger charge is 2.18. The lowest BCUT2D eigenvalue weighted by molar-refractivity contribution is -0.137. The zero-order chi connectivity index (χ0) is 10.3. The molecule has 1 N–H and O–H groups in total. The van der Waals surface area contributed by atoms with Gasteiger partial charge in [0.1, 0.15) is 6.61 Å². The highest BCUT2D eigenvalue weighted by molar-refractivity contribution is 7.52. The number of esters is 1. The monoisotopic (exact) mass is 206 g/mol. The first-order valence-corrected chi connectivity index (χ1v) is 5.18.